The van der Waals surface area contributed by atoms with Crippen LogP contribution in [-0.4, -0.2) is 11.5 Å². The molecular formula is C14H15ClN2. The van der Waals surface area contributed by atoms with Gasteiger partial charge in [-0.3, -0.25) is 4.98 Å². The lowest BCUT2D eigenvalue weighted by atomic mass is 10.0. The van der Waals surface area contributed by atoms with E-state index in [1.165, 1.54) is 5.56 Å². The second-order valence-electron chi connectivity index (χ2n) is 4.05. The van der Waals surface area contributed by atoms with E-state index in [2.05, 4.69) is 41.5 Å². The summed E-state index contributed by atoms with van der Waals surface area (Å²) in [7, 11) is 0. The first-order valence-electron chi connectivity index (χ1n) is 5.65. The van der Waals surface area contributed by atoms with Crippen LogP contribution in [0.4, 0.5) is 5.69 Å². The number of nitrogens with one attached hydrogen (secondary N) is 1. The van der Waals surface area contributed by atoms with E-state index in [9.17, 15) is 0 Å². The van der Waals surface area contributed by atoms with Gasteiger partial charge in [0.2, 0.25) is 0 Å². The van der Waals surface area contributed by atoms with Gasteiger partial charge < -0.3 is 5.32 Å². The largest absolute Gasteiger partial charge is 0.382 e. The molecule has 0 amide bonds. The summed E-state index contributed by atoms with van der Waals surface area (Å²) in [5.74, 6) is 0.437. The van der Waals surface area contributed by atoms with Crippen molar-refractivity contribution >= 4 is 17.3 Å². The average molecular weight is 247 g/mol. The molecule has 0 aliphatic rings. The molecule has 2 aromatic rings. The van der Waals surface area contributed by atoms with Gasteiger partial charge in [0.25, 0.3) is 0 Å². The van der Waals surface area contributed by atoms with Crippen molar-refractivity contribution in [1.29, 1.82) is 0 Å². The van der Waals surface area contributed by atoms with Crippen molar-refractivity contribution < 1.29 is 0 Å². The normalized spacial score (nSPS) is 12.1. The number of nitrogens with zero attached hydrogens (tertiary/aromatic N) is 1. The van der Waals surface area contributed by atoms with Crippen LogP contribution in [0.25, 0.3) is 0 Å². The highest BCUT2D eigenvalue weighted by Gasteiger charge is 2.05. The average Bonchev–Trinajstić information content (AvgIpc) is 2.38. The molecule has 0 saturated carbocycles. The Kier molecular flexibility index (Phi) is 3.99. The van der Waals surface area contributed by atoms with Crippen LogP contribution >= 0.6 is 11.6 Å². The van der Waals surface area contributed by atoms with Crippen molar-refractivity contribution in [3.63, 3.8) is 0 Å². The maximum absolute atomic E-state index is 6.05. The molecule has 0 spiro atoms. The van der Waals surface area contributed by atoms with Gasteiger partial charge in [0.1, 0.15) is 0 Å². The van der Waals surface area contributed by atoms with Crippen molar-refractivity contribution in [3.8, 4) is 0 Å². The van der Waals surface area contributed by atoms with Gasteiger partial charge in [0.15, 0.2) is 0 Å². The van der Waals surface area contributed by atoms with E-state index in [4.69, 9.17) is 11.6 Å². The Morgan fingerprint density at radius 3 is 2.71 bits per heavy atom. The fourth-order valence-corrected chi connectivity index (χ4v) is 1.84. The highest BCUT2D eigenvalue weighted by atomic mass is 35.5. The second kappa shape index (κ2) is 5.69. The highest BCUT2D eigenvalue weighted by Crippen LogP contribution is 2.21. The van der Waals surface area contributed by atoms with Gasteiger partial charge in [-0.05, 0) is 17.5 Å². The molecule has 1 aromatic heterocycles. The fraction of sp³-hybridized carbons (Fsp3) is 0.214. The minimum atomic E-state index is 0.437. The third-order valence-electron chi connectivity index (χ3n) is 2.74. The number of aromatic nitrogens is 1. The first-order valence-corrected chi connectivity index (χ1v) is 6.03. The van der Waals surface area contributed by atoms with Crippen molar-refractivity contribution in [1.82, 2.24) is 4.98 Å². The zero-order valence-electron chi connectivity index (χ0n) is 9.73. The van der Waals surface area contributed by atoms with E-state index in [1.807, 2.05) is 6.07 Å². The second-order valence-corrected chi connectivity index (χ2v) is 4.46. The van der Waals surface area contributed by atoms with Gasteiger partial charge >= 0.3 is 0 Å². The van der Waals surface area contributed by atoms with E-state index in [0.29, 0.717) is 10.9 Å². The van der Waals surface area contributed by atoms with Crippen molar-refractivity contribution in [2.75, 3.05) is 11.9 Å². The summed E-state index contributed by atoms with van der Waals surface area (Å²) in [5.41, 5.74) is 2.21. The van der Waals surface area contributed by atoms with E-state index in [0.717, 1.165) is 12.2 Å². The van der Waals surface area contributed by atoms with Gasteiger partial charge in [0, 0.05) is 12.7 Å². The van der Waals surface area contributed by atoms with Gasteiger partial charge in [-0.15, -0.1) is 0 Å². The summed E-state index contributed by atoms with van der Waals surface area (Å²) >= 11 is 6.05. The number of benzene rings is 1. The Bertz CT molecular complexity index is 471. The standard InChI is InChI=1S/C14H15ClN2/c1-11(12-5-3-2-4-6-12)9-17-14-10-16-8-7-13(14)15/h2-8,10-11,17H,9H2,1H3. The minimum Gasteiger partial charge on any atom is -0.382 e. The monoisotopic (exact) mass is 246 g/mol. The van der Waals surface area contributed by atoms with Crippen LogP contribution in [0.2, 0.25) is 5.02 Å². The predicted octanol–water partition coefficient (Wildman–Crippen LogP) is 3.95. The molecule has 3 heteroatoms. The number of hydrogen-bond acceptors (Lipinski definition) is 2. The molecule has 0 aliphatic carbocycles. The summed E-state index contributed by atoms with van der Waals surface area (Å²) in [5, 5.41) is 4.03. The van der Waals surface area contributed by atoms with Crippen LogP contribution in [0, 0.1) is 0 Å². The molecule has 88 valence electrons. The Hall–Kier alpha value is -1.54. The SMILES string of the molecule is CC(CNc1cnccc1Cl)c1ccccc1. The third kappa shape index (κ3) is 3.21. The van der Waals surface area contributed by atoms with Crippen LogP contribution in [0.15, 0.2) is 48.8 Å². The van der Waals surface area contributed by atoms with E-state index < -0.39 is 0 Å². The molecule has 0 fully saturated rings. The lowest BCUT2D eigenvalue weighted by molar-refractivity contribution is 0.804. The summed E-state index contributed by atoms with van der Waals surface area (Å²) in [4.78, 5) is 4.05. The van der Waals surface area contributed by atoms with Crippen LogP contribution < -0.4 is 5.32 Å². The maximum atomic E-state index is 6.05. The Morgan fingerprint density at radius 2 is 2.00 bits per heavy atom. The molecule has 1 aromatic carbocycles. The number of rotatable bonds is 4. The molecule has 1 heterocycles. The third-order valence-corrected chi connectivity index (χ3v) is 3.06. The number of halogens is 1. The molecule has 0 aliphatic heterocycles. The van der Waals surface area contributed by atoms with Crippen LogP contribution in [0.3, 0.4) is 0 Å². The molecule has 2 nitrogen and oxygen atoms in total. The predicted molar refractivity (Wildman–Crippen MR) is 72.6 cm³/mol. The lowest BCUT2D eigenvalue weighted by Crippen LogP contribution is -2.10. The Balaban J connectivity index is 1.97. The summed E-state index contributed by atoms with van der Waals surface area (Å²) in [6.07, 6.45) is 3.44. The van der Waals surface area contributed by atoms with Crippen LogP contribution in [-0.2, 0) is 0 Å². The molecule has 1 unspecified atom stereocenters. The molecule has 17 heavy (non-hydrogen) atoms. The smallest absolute Gasteiger partial charge is 0.0716 e. The van der Waals surface area contributed by atoms with Crippen LogP contribution in [0.5, 0.6) is 0 Å². The molecule has 0 saturated heterocycles. The summed E-state index contributed by atoms with van der Waals surface area (Å²) in [6.45, 7) is 3.03. The zero-order valence-corrected chi connectivity index (χ0v) is 10.5. The Morgan fingerprint density at radius 1 is 1.24 bits per heavy atom. The van der Waals surface area contributed by atoms with Crippen molar-refractivity contribution in [2.45, 2.75) is 12.8 Å². The van der Waals surface area contributed by atoms with E-state index in [-0.39, 0.29) is 0 Å². The van der Waals surface area contributed by atoms with Crippen LogP contribution in [0.1, 0.15) is 18.4 Å². The molecule has 0 radical (unpaired) electrons. The first kappa shape index (κ1) is 11.9. The van der Waals surface area contributed by atoms with E-state index in [1.54, 1.807) is 18.5 Å². The molecule has 0 bridgehead atoms. The van der Waals surface area contributed by atoms with Gasteiger partial charge in [0.05, 0.1) is 16.9 Å². The molecular weight excluding hydrogens is 232 g/mol. The minimum absolute atomic E-state index is 0.437. The lowest BCUT2D eigenvalue weighted by Gasteiger charge is -2.14. The van der Waals surface area contributed by atoms with E-state index >= 15 is 0 Å². The molecule has 1 atom stereocenters. The van der Waals surface area contributed by atoms with Gasteiger partial charge in [-0.2, -0.15) is 0 Å². The number of anilines is 1. The topological polar surface area (TPSA) is 24.9 Å². The quantitative estimate of drug-likeness (QED) is 0.884. The maximum Gasteiger partial charge on any atom is 0.0716 e. The highest BCUT2D eigenvalue weighted by molar-refractivity contribution is 6.33. The molecule has 1 N–H and O–H groups in total. The summed E-state index contributed by atoms with van der Waals surface area (Å²) in [6, 6.07) is 12.2. The van der Waals surface area contributed by atoms with Gasteiger partial charge in [-0.1, -0.05) is 48.9 Å². The first-order chi connectivity index (χ1) is 8.27. The fourth-order valence-electron chi connectivity index (χ4n) is 1.67. The number of hydrogen-bond donors (Lipinski definition) is 1. The Labute approximate surface area is 107 Å². The van der Waals surface area contributed by atoms with Crippen molar-refractivity contribution in [2.24, 2.45) is 0 Å². The van der Waals surface area contributed by atoms with Gasteiger partial charge in [-0.25, -0.2) is 0 Å². The summed E-state index contributed by atoms with van der Waals surface area (Å²) < 4.78 is 0. The number of pyridine rings is 1. The molecule has 2 rings (SSSR count). The van der Waals surface area contributed by atoms with Crippen molar-refractivity contribution in [3.05, 3.63) is 59.4 Å². The zero-order chi connectivity index (χ0) is 12.1.